The lowest BCUT2D eigenvalue weighted by molar-refractivity contribution is 0.0325. The van der Waals surface area contributed by atoms with Crippen LogP contribution in [-0.4, -0.2) is 48.9 Å². The average Bonchev–Trinajstić information content (AvgIpc) is 3.69. The quantitative estimate of drug-likeness (QED) is 0.302. The van der Waals surface area contributed by atoms with Crippen LogP contribution in [0.4, 0.5) is 4.79 Å². The molecular weight excluding hydrogens is 512 g/mol. The maximum Gasteiger partial charge on any atom is 0.322 e. The van der Waals surface area contributed by atoms with E-state index in [1.807, 2.05) is 47.9 Å². The van der Waals surface area contributed by atoms with Gasteiger partial charge in [0, 0.05) is 59.8 Å². The summed E-state index contributed by atoms with van der Waals surface area (Å²) in [4.78, 5) is 38.0. The maximum atomic E-state index is 15.1. The van der Waals surface area contributed by atoms with Crippen LogP contribution in [0, 0.1) is 13.8 Å². The second kappa shape index (κ2) is 10.2. The number of hydrogen-bond donors (Lipinski definition) is 0. The number of urea groups is 1. The summed E-state index contributed by atoms with van der Waals surface area (Å²) >= 11 is 3.16. The van der Waals surface area contributed by atoms with Gasteiger partial charge in [0.1, 0.15) is 11.1 Å². The number of thiazole rings is 2. The van der Waals surface area contributed by atoms with Crippen molar-refractivity contribution < 1.29 is 4.79 Å². The molecule has 6 heterocycles. The van der Waals surface area contributed by atoms with Crippen molar-refractivity contribution in [1.29, 1.82) is 0 Å². The molecule has 196 valence electrons. The summed E-state index contributed by atoms with van der Waals surface area (Å²) in [7, 11) is 0. The van der Waals surface area contributed by atoms with Crippen LogP contribution in [0.15, 0.2) is 58.7 Å². The van der Waals surface area contributed by atoms with Crippen molar-refractivity contribution in [2.45, 2.75) is 63.5 Å². The summed E-state index contributed by atoms with van der Waals surface area (Å²) in [5, 5.41) is 4.21. The van der Waals surface area contributed by atoms with Gasteiger partial charge in [0.2, 0.25) is 0 Å². The molecule has 38 heavy (non-hydrogen) atoms. The standard InChI is InChI=1S/C29H32N6OS2/c1-21-7-11-30-15-23(21)28(25-17-37-19-32-25)9-3-5-13-34(28)27(36)35-14-6-4-10-29(35,26-18-38-20-33-26)24-16-31-12-8-22(24)2/h7-8,11-12,15-20H,3-6,9-10,13-14H2,1-2H3. The summed E-state index contributed by atoms with van der Waals surface area (Å²) < 4.78 is 0. The van der Waals surface area contributed by atoms with E-state index in [1.54, 1.807) is 22.7 Å². The van der Waals surface area contributed by atoms with Crippen LogP contribution >= 0.6 is 22.7 Å². The number of aromatic nitrogens is 4. The largest absolute Gasteiger partial charge is 0.322 e. The van der Waals surface area contributed by atoms with Gasteiger partial charge >= 0.3 is 6.03 Å². The Balaban J connectivity index is 1.55. The van der Waals surface area contributed by atoms with Crippen LogP contribution in [0.25, 0.3) is 0 Å². The first-order chi connectivity index (χ1) is 18.6. The molecule has 0 aromatic carbocycles. The van der Waals surface area contributed by atoms with Crippen LogP contribution in [0.5, 0.6) is 0 Å². The minimum absolute atomic E-state index is 0.0388. The fraction of sp³-hybridized carbons (Fsp3) is 0.414. The molecule has 0 bridgehead atoms. The fourth-order valence-corrected chi connectivity index (χ4v) is 7.85. The third kappa shape index (κ3) is 3.86. The SMILES string of the molecule is Cc1ccncc1C1(c2cscn2)CCCCN1C(=O)N1CCCCC1(c1cscn1)c1cnccc1C. The third-order valence-corrected chi connectivity index (χ3v) is 9.58. The summed E-state index contributed by atoms with van der Waals surface area (Å²) in [5.41, 5.74) is 8.66. The molecule has 6 rings (SSSR count). The van der Waals surface area contributed by atoms with E-state index in [4.69, 9.17) is 9.97 Å². The van der Waals surface area contributed by atoms with E-state index in [-0.39, 0.29) is 6.03 Å². The topological polar surface area (TPSA) is 75.1 Å². The van der Waals surface area contributed by atoms with E-state index in [9.17, 15) is 0 Å². The van der Waals surface area contributed by atoms with E-state index in [2.05, 4.69) is 44.4 Å². The van der Waals surface area contributed by atoms with Gasteiger partial charge in [-0.15, -0.1) is 22.7 Å². The predicted molar refractivity (Wildman–Crippen MR) is 150 cm³/mol. The van der Waals surface area contributed by atoms with Crippen molar-refractivity contribution in [3.8, 4) is 0 Å². The Bertz CT molecular complexity index is 1300. The van der Waals surface area contributed by atoms with Crippen molar-refractivity contribution in [2.75, 3.05) is 13.1 Å². The predicted octanol–water partition coefficient (Wildman–Crippen LogP) is 6.29. The Hall–Kier alpha value is -3.17. The summed E-state index contributed by atoms with van der Waals surface area (Å²) in [5.74, 6) is 0. The van der Waals surface area contributed by atoms with E-state index in [0.717, 1.165) is 72.2 Å². The Morgan fingerprint density at radius 3 is 1.63 bits per heavy atom. The average molecular weight is 545 g/mol. The summed E-state index contributed by atoms with van der Waals surface area (Å²) in [6, 6.07) is 4.12. The first-order valence-corrected chi connectivity index (χ1v) is 15.2. The zero-order valence-electron chi connectivity index (χ0n) is 21.8. The van der Waals surface area contributed by atoms with Crippen molar-refractivity contribution in [3.63, 3.8) is 0 Å². The lowest BCUT2D eigenvalue weighted by atomic mass is 9.75. The fourth-order valence-electron chi connectivity index (χ4n) is 6.61. The molecule has 2 aliphatic heterocycles. The van der Waals surface area contributed by atoms with E-state index in [1.165, 1.54) is 0 Å². The Morgan fingerprint density at radius 1 is 0.763 bits per heavy atom. The summed E-state index contributed by atoms with van der Waals surface area (Å²) in [6.45, 7) is 5.56. The van der Waals surface area contributed by atoms with Gasteiger partial charge in [-0.05, 0) is 75.6 Å². The number of aryl methyl sites for hydroxylation is 2. The molecule has 2 saturated heterocycles. The maximum absolute atomic E-state index is 15.1. The summed E-state index contributed by atoms with van der Waals surface area (Å²) in [6.07, 6.45) is 13.1. The molecule has 0 aliphatic carbocycles. The Morgan fingerprint density at radius 2 is 1.24 bits per heavy atom. The zero-order valence-corrected chi connectivity index (χ0v) is 23.5. The number of likely N-dealkylation sites (tertiary alicyclic amines) is 2. The molecule has 4 aromatic heterocycles. The highest BCUT2D eigenvalue weighted by Crippen LogP contribution is 2.49. The highest BCUT2D eigenvalue weighted by Gasteiger charge is 2.53. The highest BCUT2D eigenvalue weighted by molar-refractivity contribution is 7.07. The Kier molecular flexibility index (Phi) is 6.74. The number of rotatable bonds is 4. The van der Waals surface area contributed by atoms with Crippen LogP contribution in [0.3, 0.4) is 0 Å². The molecule has 2 aliphatic rings. The third-order valence-electron chi connectivity index (χ3n) is 8.41. The van der Waals surface area contributed by atoms with E-state index < -0.39 is 11.1 Å². The van der Waals surface area contributed by atoms with Crippen LogP contribution < -0.4 is 0 Å². The van der Waals surface area contributed by atoms with Crippen molar-refractivity contribution >= 4 is 28.7 Å². The lowest BCUT2D eigenvalue weighted by Gasteiger charge is -2.53. The number of nitrogens with zero attached hydrogens (tertiary/aromatic N) is 6. The molecule has 7 nitrogen and oxygen atoms in total. The lowest BCUT2D eigenvalue weighted by Crippen LogP contribution is -2.63. The van der Waals surface area contributed by atoms with Gasteiger partial charge in [-0.25, -0.2) is 14.8 Å². The molecule has 2 fully saturated rings. The van der Waals surface area contributed by atoms with Crippen molar-refractivity contribution in [2.24, 2.45) is 0 Å². The van der Waals surface area contributed by atoms with Gasteiger partial charge < -0.3 is 9.80 Å². The minimum Gasteiger partial charge on any atom is -0.309 e. The van der Waals surface area contributed by atoms with E-state index >= 15 is 4.79 Å². The van der Waals surface area contributed by atoms with Gasteiger partial charge in [-0.2, -0.15) is 0 Å². The number of piperidine rings is 2. The molecular formula is C29H32N6OS2. The zero-order chi connectivity index (χ0) is 26.2. The molecule has 0 radical (unpaired) electrons. The number of carbonyl (C=O) groups is 1. The number of pyridine rings is 2. The van der Waals surface area contributed by atoms with Gasteiger partial charge in [-0.3, -0.25) is 9.97 Å². The molecule has 2 amide bonds. The highest BCUT2D eigenvalue weighted by atomic mass is 32.1. The molecule has 2 atom stereocenters. The van der Waals surface area contributed by atoms with Crippen molar-refractivity contribution in [3.05, 3.63) is 92.3 Å². The number of amides is 2. The van der Waals surface area contributed by atoms with Gasteiger partial charge in [0.15, 0.2) is 0 Å². The molecule has 0 N–H and O–H groups in total. The second-order valence-corrected chi connectivity index (χ2v) is 11.8. The van der Waals surface area contributed by atoms with Crippen LogP contribution in [0.1, 0.15) is 72.2 Å². The second-order valence-electron chi connectivity index (χ2n) is 10.3. The normalized spacial score (nSPS) is 23.9. The molecule has 0 saturated carbocycles. The van der Waals surface area contributed by atoms with Crippen molar-refractivity contribution in [1.82, 2.24) is 29.7 Å². The van der Waals surface area contributed by atoms with Gasteiger partial charge in [0.05, 0.1) is 22.4 Å². The monoisotopic (exact) mass is 544 g/mol. The molecule has 9 heteroatoms. The molecule has 0 spiro atoms. The molecule has 4 aromatic rings. The Labute approximate surface area is 231 Å². The van der Waals surface area contributed by atoms with E-state index in [0.29, 0.717) is 13.1 Å². The number of hydrogen-bond acceptors (Lipinski definition) is 7. The minimum atomic E-state index is -0.664. The first kappa shape index (κ1) is 25.1. The number of carbonyl (C=O) groups excluding carboxylic acids is 1. The van der Waals surface area contributed by atoms with Gasteiger partial charge in [-0.1, -0.05) is 0 Å². The molecule has 2 unspecified atom stereocenters. The first-order valence-electron chi connectivity index (χ1n) is 13.3. The van der Waals surface area contributed by atoms with Crippen LogP contribution in [-0.2, 0) is 11.1 Å². The van der Waals surface area contributed by atoms with Gasteiger partial charge in [0.25, 0.3) is 0 Å². The smallest absolute Gasteiger partial charge is 0.309 e. The van der Waals surface area contributed by atoms with Crippen LogP contribution in [0.2, 0.25) is 0 Å².